The topological polar surface area (TPSA) is 67.6 Å². The van der Waals surface area contributed by atoms with E-state index >= 15 is 0 Å². The molecule has 29 heavy (non-hydrogen) atoms. The van der Waals surface area contributed by atoms with Crippen molar-refractivity contribution in [2.75, 3.05) is 26.3 Å². The highest BCUT2D eigenvalue weighted by Gasteiger charge is 2.48. The van der Waals surface area contributed by atoms with Crippen molar-refractivity contribution in [2.24, 2.45) is 11.3 Å². The number of morpholine rings is 1. The maximum Gasteiger partial charge on any atom is 0.224 e. The maximum atomic E-state index is 12.4. The lowest BCUT2D eigenvalue weighted by Gasteiger charge is -2.52. The molecule has 1 aromatic carbocycles. The second kappa shape index (κ2) is 8.67. The summed E-state index contributed by atoms with van der Waals surface area (Å²) >= 11 is 0. The molecule has 0 radical (unpaired) electrons. The number of hydrogen-bond acceptors (Lipinski definition) is 5. The molecule has 1 N–H and O–H groups in total. The number of amides is 1. The normalized spacial score (nSPS) is 24.1. The molecule has 1 aliphatic carbocycles. The van der Waals surface area contributed by atoms with E-state index in [9.17, 15) is 4.79 Å². The smallest absolute Gasteiger partial charge is 0.224 e. The molecule has 156 valence electrons. The molecule has 2 atom stereocenters. The van der Waals surface area contributed by atoms with Crippen LogP contribution in [0.15, 0.2) is 40.9 Å². The third-order valence-electron chi connectivity index (χ3n) is 6.56. The van der Waals surface area contributed by atoms with E-state index < -0.39 is 0 Å². The Labute approximate surface area is 172 Å². The monoisotopic (exact) mass is 397 g/mol. The predicted molar refractivity (Wildman–Crippen MR) is 110 cm³/mol. The Bertz CT molecular complexity index is 812. The van der Waals surface area contributed by atoms with Crippen molar-refractivity contribution in [1.82, 2.24) is 15.4 Å². The molecule has 2 heterocycles. The minimum atomic E-state index is 0.0513. The summed E-state index contributed by atoms with van der Waals surface area (Å²) < 4.78 is 11.0. The van der Waals surface area contributed by atoms with Gasteiger partial charge in [-0.1, -0.05) is 49.3 Å². The van der Waals surface area contributed by atoms with Gasteiger partial charge in [-0.15, -0.1) is 0 Å². The number of nitrogens with zero attached hydrogens (tertiary/aromatic N) is 2. The van der Waals surface area contributed by atoms with Gasteiger partial charge in [-0.25, -0.2) is 0 Å². The standard InChI is InChI=1S/C23H31N3O3/c1-23(2)18(14-21(23)24-22(27)12-17-6-4-3-5-7-17)13-19-15-20(29-25-19)16-26-8-10-28-11-9-26/h3-7,15,18,21H,8-14,16H2,1-2H3,(H,24,27). The fourth-order valence-electron chi connectivity index (χ4n) is 4.39. The quantitative estimate of drug-likeness (QED) is 0.778. The number of rotatable bonds is 7. The van der Waals surface area contributed by atoms with Crippen LogP contribution in [-0.4, -0.2) is 48.3 Å². The van der Waals surface area contributed by atoms with Gasteiger partial charge in [0.25, 0.3) is 0 Å². The summed E-state index contributed by atoms with van der Waals surface area (Å²) in [4.78, 5) is 14.7. The maximum absolute atomic E-state index is 12.4. The third-order valence-corrected chi connectivity index (χ3v) is 6.56. The lowest BCUT2D eigenvalue weighted by Crippen LogP contribution is -2.59. The molecule has 2 aromatic rings. The highest BCUT2D eigenvalue weighted by atomic mass is 16.5. The fourth-order valence-corrected chi connectivity index (χ4v) is 4.39. The zero-order valence-corrected chi connectivity index (χ0v) is 17.4. The number of aromatic nitrogens is 1. The van der Waals surface area contributed by atoms with E-state index in [0.717, 1.165) is 62.7 Å². The van der Waals surface area contributed by atoms with Crippen molar-refractivity contribution in [1.29, 1.82) is 0 Å². The van der Waals surface area contributed by atoms with Crippen LogP contribution in [0.2, 0.25) is 0 Å². The SMILES string of the molecule is CC1(C)C(Cc2cc(CN3CCOCC3)on2)CC1NC(=O)Cc1ccccc1. The van der Waals surface area contributed by atoms with E-state index in [1.165, 1.54) is 0 Å². The molecular formula is C23H31N3O3. The van der Waals surface area contributed by atoms with E-state index in [4.69, 9.17) is 9.26 Å². The molecule has 2 fully saturated rings. The average molecular weight is 398 g/mol. The summed E-state index contributed by atoms with van der Waals surface area (Å²) in [6.45, 7) is 8.73. The first-order valence-corrected chi connectivity index (χ1v) is 10.6. The Morgan fingerprint density at radius 2 is 2.00 bits per heavy atom. The van der Waals surface area contributed by atoms with Crippen LogP contribution in [0.1, 0.15) is 37.3 Å². The first kappa shape index (κ1) is 20.1. The summed E-state index contributed by atoms with van der Waals surface area (Å²) in [5.74, 6) is 1.51. The molecule has 1 saturated heterocycles. The Morgan fingerprint density at radius 1 is 1.24 bits per heavy atom. The van der Waals surface area contributed by atoms with Crippen molar-refractivity contribution >= 4 is 5.91 Å². The molecule has 6 nitrogen and oxygen atoms in total. The second-order valence-electron chi connectivity index (χ2n) is 8.91. The van der Waals surface area contributed by atoms with E-state index in [2.05, 4.69) is 35.3 Å². The van der Waals surface area contributed by atoms with Gasteiger partial charge in [-0.2, -0.15) is 0 Å². The van der Waals surface area contributed by atoms with Crippen LogP contribution in [0.5, 0.6) is 0 Å². The van der Waals surface area contributed by atoms with Gasteiger partial charge in [0.2, 0.25) is 5.91 Å². The van der Waals surface area contributed by atoms with Gasteiger partial charge in [0, 0.05) is 25.2 Å². The summed E-state index contributed by atoms with van der Waals surface area (Å²) in [6, 6.07) is 12.2. The van der Waals surface area contributed by atoms with Crippen LogP contribution in [0.25, 0.3) is 0 Å². The van der Waals surface area contributed by atoms with E-state index in [0.29, 0.717) is 12.3 Å². The fraction of sp³-hybridized carbons (Fsp3) is 0.565. The highest BCUT2D eigenvalue weighted by molar-refractivity contribution is 5.79. The molecule has 0 spiro atoms. The zero-order chi connectivity index (χ0) is 20.3. The first-order valence-electron chi connectivity index (χ1n) is 10.6. The summed E-state index contributed by atoms with van der Waals surface area (Å²) in [7, 11) is 0. The molecule has 2 unspecified atom stereocenters. The van der Waals surface area contributed by atoms with Gasteiger partial charge in [0.1, 0.15) is 0 Å². The van der Waals surface area contributed by atoms with Crippen molar-refractivity contribution in [3.63, 3.8) is 0 Å². The largest absolute Gasteiger partial charge is 0.379 e. The number of nitrogens with one attached hydrogen (secondary N) is 1. The van der Waals surface area contributed by atoms with Crippen LogP contribution < -0.4 is 5.32 Å². The van der Waals surface area contributed by atoms with Crippen LogP contribution in [0.3, 0.4) is 0 Å². The first-order chi connectivity index (χ1) is 14.0. The van der Waals surface area contributed by atoms with Crippen LogP contribution in [0.4, 0.5) is 0 Å². The molecular weight excluding hydrogens is 366 g/mol. The summed E-state index contributed by atoms with van der Waals surface area (Å²) in [6.07, 6.45) is 2.32. The van der Waals surface area contributed by atoms with Crippen LogP contribution in [0, 0.1) is 11.3 Å². The van der Waals surface area contributed by atoms with E-state index in [1.807, 2.05) is 30.3 Å². The second-order valence-corrected chi connectivity index (χ2v) is 8.91. The zero-order valence-electron chi connectivity index (χ0n) is 17.4. The van der Waals surface area contributed by atoms with Crippen LogP contribution in [-0.2, 0) is 28.9 Å². The average Bonchev–Trinajstić information content (AvgIpc) is 3.16. The molecule has 4 rings (SSSR count). The van der Waals surface area contributed by atoms with Crippen LogP contribution >= 0.6 is 0 Å². The van der Waals surface area contributed by atoms with Crippen molar-refractivity contribution in [2.45, 2.75) is 45.7 Å². The van der Waals surface area contributed by atoms with Gasteiger partial charge in [-0.3, -0.25) is 9.69 Å². The van der Waals surface area contributed by atoms with Crippen molar-refractivity contribution in [3.8, 4) is 0 Å². The number of benzene rings is 1. The van der Waals surface area contributed by atoms with E-state index in [1.54, 1.807) is 0 Å². The van der Waals surface area contributed by atoms with Gasteiger partial charge >= 0.3 is 0 Å². The molecule has 1 saturated carbocycles. The summed E-state index contributed by atoms with van der Waals surface area (Å²) in [5, 5.41) is 7.52. The molecule has 6 heteroatoms. The van der Waals surface area contributed by atoms with Gasteiger partial charge in [0.05, 0.1) is 31.9 Å². The number of ether oxygens (including phenoxy) is 1. The molecule has 1 amide bonds. The predicted octanol–water partition coefficient (Wildman–Crippen LogP) is 2.82. The minimum Gasteiger partial charge on any atom is -0.379 e. The van der Waals surface area contributed by atoms with Crippen molar-refractivity contribution in [3.05, 3.63) is 53.4 Å². The number of carbonyl (C=O) groups excluding carboxylic acids is 1. The van der Waals surface area contributed by atoms with Gasteiger partial charge < -0.3 is 14.6 Å². The lowest BCUT2D eigenvalue weighted by atomic mass is 9.57. The molecule has 1 aromatic heterocycles. The Kier molecular flexibility index (Phi) is 6.01. The van der Waals surface area contributed by atoms with E-state index in [-0.39, 0.29) is 17.4 Å². The molecule has 0 bridgehead atoms. The Morgan fingerprint density at radius 3 is 2.72 bits per heavy atom. The Balaban J connectivity index is 1.26. The third kappa shape index (κ3) is 4.87. The van der Waals surface area contributed by atoms with Gasteiger partial charge in [0.15, 0.2) is 5.76 Å². The number of hydrogen-bond donors (Lipinski definition) is 1. The Hall–Kier alpha value is -2.18. The lowest BCUT2D eigenvalue weighted by molar-refractivity contribution is -0.124. The summed E-state index contributed by atoms with van der Waals surface area (Å²) in [5.41, 5.74) is 2.12. The number of carbonyl (C=O) groups is 1. The van der Waals surface area contributed by atoms with Crippen molar-refractivity contribution < 1.29 is 14.1 Å². The minimum absolute atomic E-state index is 0.0513. The highest BCUT2D eigenvalue weighted by Crippen LogP contribution is 2.47. The molecule has 2 aliphatic rings. The molecule has 1 aliphatic heterocycles. The van der Waals surface area contributed by atoms with Gasteiger partial charge in [-0.05, 0) is 29.7 Å².